The fourth-order valence-electron chi connectivity index (χ4n) is 2.34. The highest BCUT2D eigenvalue weighted by Crippen LogP contribution is 2.19. The maximum atomic E-state index is 3.57. The van der Waals surface area contributed by atoms with E-state index in [1.807, 2.05) is 0 Å². The van der Waals surface area contributed by atoms with Crippen molar-refractivity contribution in [3.05, 3.63) is 27.3 Å². The van der Waals surface area contributed by atoms with E-state index in [0.29, 0.717) is 6.04 Å². The first-order valence-electron chi connectivity index (χ1n) is 6.37. The van der Waals surface area contributed by atoms with E-state index in [2.05, 4.69) is 65.0 Å². The fourth-order valence-corrected chi connectivity index (χ4v) is 2.86. The second-order valence-corrected chi connectivity index (χ2v) is 6.14. The maximum Gasteiger partial charge on any atom is 0.0351 e. The van der Waals surface area contributed by atoms with Crippen molar-refractivity contribution in [1.29, 1.82) is 0 Å². The topological polar surface area (TPSA) is 15.3 Å². The molecule has 1 fully saturated rings. The average molecular weight is 344 g/mol. The minimum absolute atomic E-state index is 0.697. The van der Waals surface area contributed by atoms with Crippen molar-refractivity contribution in [2.45, 2.75) is 32.2 Å². The Morgan fingerprint density at radius 2 is 2.24 bits per heavy atom. The minimum atomic E-state index is 0.697. The summed E-state index contributed by atoms with van der Waals surface area (Å²) in [5.74, 6) is 0. The van der Waals surface area contributed by atoms with Gasteiger partial charge in [-0.2, -0.15) is 0 Å². The monoisotopic (exact) mass is 344 g/mol. The molecule has 1 aliphatic heterocycles. The second kappa shape index (κ2) is 6.05. The lowest BCUT2D eigenvalue weighted by atomic mass is 10.0. The zero-order valence-electron chi connectivity index (χ0n) is 10.7. The third-order valence-corrected chi connectivity index (χ3v) is 4.80. The van der Waals surface area contributed by atoms with Crippen LogP contribution in [0.25, 0.3) is 0 Å². The summed E-state index contributed by atoms with van der Waals surface area (Å²) in [5, 5.41) is 3.57. The molecule has 1 unspecified atom stereocenters. The zero-order chi connectivity index (χ0) is 12.3. The zero-order valence-corrected chi connectivity index (χ0v) is 12.8. The van der Waals surface area contributed by atoms with Gasteiger partial charge in [0, 0.05) is 21.8 Å². The lowest BCUT2D eigenvalue weighted by Crippen LogP contribution is -2.40. The van der Waals surface area contributed by atoms with Crippen LogP contribution in [0.3, 0.4) is 0 Å². The summed E-state index contributed by atoms with van der Waals surface area (Å²) in [5.41, 5.74) is 2.60. The van der Waals surface area contributed by atoms with Gasteiger partial charge in [0.15, 0.2) is 0 Å². The number of halogens is 1. The molecule has 1 N–H and O–H groups in total. The van der Waals surface area contributed by atoms with Crippen molar-refractivity contribution in [3.63, 3.8) is 0 Å². The van der Waals surface area contributed by atoms with Gasteiger partial charge in [0.2, 0.25) is 0 Å². The van der Waals surface area contributed by atoms with Crippen LogP contribution < -0.4 is 5.32 Å². The van der Waals surface area contributed by atoms with Crippen LogP contribution in [0.1, 0.15) is 24.8 Å². The van der Waals surface area contributed by atoms with E-state index < -0.39 is 0 Å². The lowest BCUT2D eigenvalue weighted by molar-refractivity contribution is 0.194. The third kappa shape index (κ3) is 3.58. The van der Waals surface area contributed by atoms with Crippen molar-refractivity contribution in [1.82, 2.24) is 4.90 Å². The van der Waals surface area contributed by atoms with Crippen LogP contribution in [0, 0.1) is 10.5 Å². The highest BCUT2D eigenvalue weighted by atomic mass is 127. The van der Waals surface area contributed by atoms with Gasteiger partial charge in [0.05, 0.1) is 0 Å². The molecule has 94 valence electrons. The van der Waals surface area contributed by atoms with Crippen molar-refractivity contribution >= 4 is 28.3 Å². The van der Waals surface area contributed by atoms with E-state index in [4.69, 9.17) is 0 Å². The molecule has 3 heteroatoms. The van der Waals surface area contributed by atoms with E-state index in [1.54, 1.807) is 0 Å². The van der Waals surface area contributed by atoms with Crippen molar-refractivity contribution in [2.24, 2.45) is 0 Å². The second-order valence-electron chi connectivity index (χ2n) is 4.98. The van der Waals surface area contributed by atoms with E-state index in [-0.39, 0.29) is 0 Å². The summed E-state index contributed by atoms with van der Waals surface area (Å²) in [6, 6.07) is 7.30. The van der Waals surface area contributed by atoms with Crippen LogP contribution in [-0.4, -0.2) is 31.1 Å². The Morgan fingerprint density at radius 1 is 1.41 bits per heavy atom. The van der Waals surface area contributed by atoms with Crippen LogP contribution in [0.4, 0.5) is 5.69 Å². The summed E-state index contributed by atoms with van der Waals surface area (Å²) in [6.07, 6.45) is 4.06. The predicted octanol–water partition coefficient (Wildman–Crippen LogP) is 3.50. The largest absolute Gasteiger partial charge is 0.383 e. The molecule has 1 aromatic rings. The van der Waals surface area contributed by atoms with Crippen LogP contribution >= 0.6 is 22.6 Å². The van der Waals surface area contributed by atoms with Crippen LogP contribution in [0.5, 0.6) is 0 Å². The number of hydrogen-bond donors (Lipinski definition) is 1. The number of nitrogens with one attached hydrogen (secondary N) is 1. The molecule has 1 heterocycles. The number of benzene rings is 1. The van der Waals surface area contributed by atoms with Crippen LogP contribution in [-0.2, 0) is 0 Å². The van der Waals surface area contributed by atoms with E-state index in [9.17, 15) is 0 Å². The number of likely N-dealkylation sites (tertiary alicyclic amines) is 1. The van der Waals surface area contributed by atoms with E-state index in [0.717, 1.165) is 6.54 Å². The lowest BCUT2D eigenvalue weighted by Gasteiger charge is -2.32. The van der Waals surface area contributed by atoms with Gasteiger partial charge in [-0.25, -0.2) is 0 Å². The van der Waals surface area contributed by atoms with Crippen LogP contribution in [0.15, 0.2) is 18.2 Å². The fraction of sp³-hybridized carbons (Fsp3) is 0.571. The number of hydrogen-bond acceptors (Lipinski definition) is 2. The molecule has 0 amide bonds. The van der Waals surface area contributed by atoms with Gasteiger partial charge >= 0.3 is 0 Å². The van der Waals surface area contributed by atoms with Gasteiger partial charge < -0.3 is 10.2 Å². The van der Waals surface area contributed by atoms with E-state index >= 15 is 0 Å². The summed E-state index contributed by atoms with van der Waals surface area (Å²) in [7, 11) is 2.24. The summed E-state index contributed by atoms with van der Waals surface area (Å²) in [4.78, 5) is 2.48. The van der Waals surface area contributed by atoms with Crippen LogP contribution in [0.2, 0.25) is 0 Å². The molecule has 0 radical (unpaired) electrons. The highest BCUT2D eigenvalue weighted by molar-refractivity contribution is 14.1. The Balaban J connectivity index is 1.90. The molecule has 1 saturated heterocycles. The SMILES string of the molecule is Cc1ccc(NCC2CCCCN2C)cc1I. The molecule has 2 rings (SSSR count). The first-order chi connectivity index (χ1) is 8.16. The van der Waals surface area contributed by atoms with Gasteiger partial charge in [-0.1, -0.05) is 12.5 Å². The number of nitrogens with zero attached hydrogens (tertiary/aromatic N) is 1. The molecule has 0 aliphatic carbocycles. The molecule has 0 spiro atoms. The molecular weight excluding hydrogens is 323 g/mol. The van der Waals surface area contributed by atoms with Crippen molar-refractivity contribution in [3.8, 4) is 0 Å². The van der Waals surface area contributed by atoms with Gasteiger partial charge in [-0.05, 0) is 73.6 Å². The summed E-state index contributed by atoms with van der Waals surface area (Å²) in [6.45, 7) is 4.47. The highest BCUT2D eigenvalue weighted by Gasteiger charge is 2.18. The maximum absolute atomic E-state index is 3.57. The smallest absolute Gasteiger partial charge is 0.0351 e. The molecule has 1 aliphatic rings. The van der Waals surface area contributed by atoms with Gasteiger partial charge in [-0.3, -0.25) is 0 Å². The molecule has 17 heavy (non-hydrogen) atoms. The first-order valence-corrected chi connectivity index (χ1v) is 7.45. The summed E-state index contributed by atoms with van der Waals surface area (Å²) < 4.78 is 1.34. The van der Waals surface area contributed by atoms with Crippen molar-refractivity contribution < 1.29 is 0 Å². The summed E-state index contributed by atoms with van der Waals surface area (Å²) >= 11 is 2.40. The molecule has 1 atom stereocenters. The first kappa shape index (κ1) is 13.1. The Morgan fingerprint density at radius 3 is 2.94 bits per heavy atom. The molecule has 2 nitrogen and oxygen atoms in total. The van der Waals surface area contributed by atoms with Gasteiger partial charge in [0.1, 0.15) is 0 Å². The average Bonchev–Trinajstić information content (AvgIpc) is 2.32. The number of anilines is 1. The minimum Gasteiger partial charge on any atom is -0.383 e. The Bertz CT molecular complexity index is 378. The Hall–Kier alpha value is -0.290. The Kier molecular flexibility index (Phi) is 4.68. The number of rotatable bonds is 3. The molecule has 0 aromatic heterocycles. The number of piperidine rings is 1. The standard InChI is InChI=1S/C14H21IN2/c1-11-6-7-12(9-14(11)15)16-10-13-5-3-4-8-17(13)2/h6-7,9,13,16H,3-5,8,10H2,1-2H3. The molecular formula is C14H21IN2. The van der Waals surface area contributed by atoms with E-state index in [1.165, 1.54) is 40.6 Å². The number of aryl methyl sites for hydroxylation is 1. The third-order valence-electron chi connectivity index (χ3n) is 3.64. The molecule has 0 bridgehead atoms. The Labute approximate surface area is 118 Å². The number of likely N-dealkylation sites (N-methyl/N-ethyl adjacent to an activating group) is 1. The molecule has 1 aromatic carbocycles. The quantitative estimate of drug-likeness (QED) is 0.845. The predicted molar refractivity (Wildman–Crippen MR) is 82.7 cm³/mol. The van der Waals surface area contributed by atoms with Gasteiger partial charge in [-0.15, -0.1) is 0 Å². The van der Waals surface area contributed by atoms with Gasteiger partial charge in [0.25, 0.3) is 0 Å². The molecule has 0 saturated carbocycles. The van der Waals surface area contributed by atoms with Crippen molar-refractivity contribution in [2.75, 3.05) is 25.5 Å². The normalized spacial score (nSPS) is 21.5.